The first-order valence-corrected chi connectivity index (χ1v) is 11.0. The average Bonchev–Trinajstić information content (AvgIpc) is 3.07. The Balaban J connectivity index is 1.34. The van der Waals surface area contributed by atoms with Crippen molar-refractivity contribution in [2.24, 2.45) is 0 Å². The third-order valence-corrected chi connectivity index (χ3v) is 7.42. The number of hydrogen-bond acceptors (Lipinski definition) is 3. The second-order valence-electron chi connectivity index (χ2n) is 7.01. The van der Waals surface area contributed by atoms with E-state index in [4.69, 9.17) is 11.6 Å². The van der Waals surface area contributed by atoms with Gasteiger partial charge in [0.1, 0.15) is 4.90 Å². The van der Waals surface area contributed by atoms with Crippen molar-refractivity contribution in [1.82, 2.24) is 9.62 Å². The summed E-state index contributed by atoms with van der Waals surface area (Å²) in [6.07, 6.45) is 4.21. The predicted molar refractivity (Wildman–Crippen MR) is 104 cm³/mol. The van der Waals surface area contributed by atoms with Crippen molar-refractivity contribution in [1.29, 1.82) is 0 Å². The molecule has 0 amide bonds. The standard InChI is InChI=1S/C20H23ClN2O2S/c21-17-7-1-2-8-19(17)26(24,25)22-12-4-13-23-14-11-16-6-3-5-15-9-10-18(23)20(15)16/h1-3,5-8,18,22H,4,9-14H2. The molecule has 1 unspecified atom stereocenters. The van der Waals surface area contributed by atoms with Crippen molar-refractivity contribution in [3.63, 3.8) is 0 Å². The van der Waals surface area contributed by atoms with Gasteiger partial charge in [-0.05, 0) is 54.5 Å². The van der Waals surface area contributed by atoms with Gasteiger partial charge in [-0.2, -0.15) is 0 Å². The van der Waals surface area contributed by atoms with E-state index in [2.05, 4.69) is 27.8 Å². The highest BCUT2D eigenvalue weighted by atomic mass is 35.5. The maximum Gasteiger partial charge on any atom is 0.242 e. The van der Waals surface area contributed by atoms with E-state index in [1.54, 1.807) is 18.2 Å². The fourth-order valence-corrected chi connectivity index (χ4v) is 5.84. The lowest BCUT2D eigenvalue weighted by atomic mass is 9.93. The number of nitrogens with one attached hydrogen (secondary N) is 1. The van der Waals surface area contributed by atoms with Crippen LogP contribution in [0, 0.1) is 0 Å². The summed E-state index contributed by atoms with van der Waals surface area (Å²) in [5.41, 5.74) is 4.53. The lowest BCUT2D eigenvalue weighted by molar-refractivity contribution is 0.184. The monoisotopic (exact) mass is 390 g/mol. The number of nitrogens with zero attached hydrogens (tertiary/aromatic N) is 1. The van der Waals surface area contributed by atoms with Gasteiger partial charge in [-0.25, -0.2) is 13.1 Å². The molecule has 1 N–H and O–H groups in total. The first-order valence-electron chi connectivity index (χ1n) is 9.15. The van der Waals surface area contributed by atoms with Gasteiger partial charge in [-0.3, -0.25) is 4.90 Å². The summed E-state index contributed by atoms with van der Waals surface area (Å²) in [5.74, 6) is 0. The zero-order chi connectivity index (χ0) is 18.1. The molecule has 1 aliphatic carbocycles. The maximum absolute atomic E-state index is 12.4. The van der Waals surface area contributed by atoms with E-state index in [0.717, 1.165) is 32.4 Å². The Morgan fingerprint density at radius 1 is 1.08 bits per heavy atom. The number of aryl methyl sites for hydroxylation is 1. The molecule has 1 heterocycles. The smallest absolute Gasteiger partial charge is 0.242 e. The molecule has 0 radical (unpaired) electrons. The van der Waals surface area contributed by atoms with Gasteiger partial charge in [0.25, 0.3) is 0 Å². The van der Waals surface area contributed by atoms with E-state index in [9.17, 15) is 8.42 Å². The molecule has 138 valence electrons. The Morgan fingerprint density at radius 2 is 1.85 bits per heavy atom. The lowest BCUT2D eigenvalue weighted by Crippen LogP contribution is -2.36. The van der Waals surface area contributed by atoms with Crippen molar-refractivity contribution in [3.05, 3.63) is 64.2 Å². The molecule has 0 saturated heterocycles. The quantitative estimate of drug-likeness (QED) is 0.767. The topological polar surface area (TPSA) is 49.4 Å². The van der Waals surface area contributed by atoms with E-state index in [1.165, 1.54) is 29.2 Å². The molecule has 2 aromatic rings. The summed E-state index contributed by atoms with van der Waals surface area (Å²) in [4.78, 5) is 2.66. The van der Waals surface area contributed by atoms with E-state index < -0.39 is 10.0 Å². The van der Waals surface area contributed by atoms with Crippen molar-refractivity contribution in [2.45, 2.75) is 36.6 Å². The third kappa shape index (κ3) is 3.41. The summed E-state index contributed by atoms with van der Waals surface area (Å²) >= 11 is 6.01. The first-order chi connectivity index (χ1) is 12.6. The fourth-order valence-electron chi connectivity index (χ4n) is 4.25. The molecule has 4 rings (SSSR count). The van der Waals surface area contributed by atoms with Gasteiger partial charge >= 0.3 is 0 Å². The zero-order valence-corrected chi connectivity index (χ0v) is 16.2. The van der Waals surface area contributed by atoms with E-state index in [1.807, 2.05) is 0 Å². The molecular formula is C20H23ClN2O2S. The number of hydrogen-bond donors (Lipinski definition) is 1. The Labute approximate surface area is 160 Å². The van der Waals surface area contributed by atoms with Gasteiger partial charge in [0.2, 0.25) is 10.0 Å². The fraction of sp³-hybridized carbons (Fsp3) is 0.400. The molecule has 1 atom stereocenters. The minimum atomic E-state index is -3.55. The molecule has 0 bridgehead atoms. The molecule has 0 aromatic heterocycles. The SMILES string of the molecule is O=S(=O)(NCCCN1CCc2cccc3c2C1CC3)c1ccccc1Cl. The van der Waals surface area contributed by atoms with Crippen LogP contribution in [0.1, 0.15) is 35.6 Å². The molecular weight excluding hydrogens is 368 g/mol. The van der Waals surface area contributed by atoms with Crippen molar-refractivity contribution < 1.29 is 8.42 Å². The Bertz CT molecular complexity index is 914. The molecule has 0 fully saturated rings. The predicted octanol–water partition coefficient (Wildman–Crippen LogP) is 3.55. The van der Waals surface area contributed by atoms with Crippen LogP contribution < -0.4 is 4.72 Å². The number of halogens is 1. The van der Waals surface area contributed by atoms with Crippen LogP contribution in [0.2, 0.25) is 5.02 Å². The summed E-state index contributed by atoms with van der Waals surface area (Å²) < 4.78 is 27.5. The van der Waals surface area contributed by atoms with Crippen LogP contribution >= 0.6 is 11.6 Å². The maximum atomic E-state index is 12.4. The molecule has 0 saturated carbocycles. The molecule has 6 heteroatoms. The summed E-state index contributed by atoms with van der Waals surface area (Å²) in [7, 11) is -3.55. The van der Waals surface area contributed by atoms with E-state index >= 15 is 0 Å². The van der Waals surface area contributed by atoms with Crippen molar-refractivity contribution in [2.75, 3.05) is 19.6 Å². The van der Waals surface area contributed by atoms with Gasteiger partial charge in [-0.1, -0.05) is 41.9 Å². The average molecular weight is 391 g/mol. The van der Waals surface area contributed by atoms with Crippen molar-refractivity contribution in [3.8, 4) is 0 Å². The molecule has 4 nitrogen and oxygen atoms in total. The molecule has 0 spiro atoms. The van der Waals surface area contributed by atoms with Crippen LogP contribution in [0.4, 0.5) is 0 Å². The van der Waals surface area contributed by atoms with Crippen molar-refractivity contribution >= 4 is 21.6 Å². The highest BCUT2D eigenvalue weighted by Gasteiger charge is 2.32. The number of sulfonamides is 1. The number of benzene rings is 2. The Morgan fingerprint density at radius 3 is 2.65 bits per heavy atom. The Kier molecular flexibility index (Phi) is 5.06. The molecule has 26 heavy (non-hydrogen) atoms. The van der Waals surface area contributed by atoms with Crippen LogP contribution in [0.25, 0.3) is 0 Å². The van der Waals surface area contributed by atoms with Crippen LogP contribution in [0.5, 0.6) is 0 Å². The van der Waals surface area contributed by atoms with Gasteiger partial charge < -0.3 is 0 Å². The normalized spacial score (nSPS) is 19.5. The van der Waals surface area contributed by atoms with Crippen LogP contribution in [0.3, 0.4) is 0 Å². The lowest BCUT2D eigenvalue weighted by Gasteiger charge is -2.35. The van der Waals surface area contributed by atoms with E-state index in [-0.39, 0.29) is 9.92 Å². The highest BCUT2D eigenvalue weighted by molar-refractivity contribution is 7.89. The van der Waals surface area contributed by atoms with Gasteiger partial charge in [0, 0.05) is 25.7 Å². The summed E-state index contributed by atoms with van der Waals surface area (Å²) in [6, 6.07) is 13.7. The zero-order valence-electron chi connectivity index (χ0n) is 14.6. The van der Waals surface area contributed by atoms with Gasteiger partial charge in [-0.15, -0.1) is 0 Å². The van der Waals surface area contributed by atoms with Crippen LogP contribution in [0.15, 0.2) is 47.4 Å². The number of rotatable bonds is 6. The van der Waals surface area contributed by atoms with Crippen LogP contribution in [-0.4, -0.2) is 33.0 Å². The van der Waals surface area contributed by atoms with E-state index in [0.29, 0.717) is 12.6 Å². The Hall–Kier alpha value is -1.40. The molecule has 2 aromatic carbocycles. The molecule has 2 aliphatic rings. The minimum absolute atomic E-state index is 0.147. The van der Waals surface area contributed by atoms with Gasteiger partial charge in [0.05, 0.1) is 5.02 Å². The second-order valence-corrected chi connectivity index (χ2v) is 9.15. The third-order valence-electron chi connectivity index (χ3n) is 5.46. The summed E-state index contributed by atoms with van der Waals surface area (Å²) in [5, 5.41) is 0.256. The van der Waals surface area contributed by atoms with Gasteiger partial charge in [0.15, 0.2) is 0 Å². The second kappa shape index (κ2) is 7.31. The minimum Gasteiger partial charge on any atom is -0.296 e. The largest absolute Gasteiger partial charge is 0.296 e. The summed E-state index contributed by atoms with van der Waals surface area (Å²) in [6.45, 7) is 2.38. The highest BCUT2D eigenvalue weighted by Crippen LogP contribution is 2.41. The first kappa shape index (κ1) is 18.0. The van der Waals surface area contributed by atoms with Crippen LogP contribution in [-0.2, 0) is 22.9 Å². The molecule has 1 aliphatic heterocycles.